The van der Waals surface area contributed by atoms with Crippen LogP contribution in [-0.4, -0.2) is 18.0 Å². The molecule has 0 N–H and O–H groups in total. The second kappa shape index (κ2) is 3.83. The van der Waals surface area contributed by atoms with Crippen molar-refractivity contribution in [3.63, 3.8) is 0 Å². The van der Waals surface area contributed by atoms with Crippen LogP contribution in [0.5, 0.6) is 0 Å². The van der Waals surface area contributed by atoms with Crippen molar-refractivity contribution in [1.82, 2.24) is 0 Å². The van der Waals surface area contributed by atoms with E-state index in [2.05, 4.69) is 0 Å². The number of carbonyl (C=O) groups is 1. The van der Waals surface area contributed by atoms with Gasteiger partial charge >= 0.3 is 5.97 Å². The van der Waals surface area contributed by atoms with Crippen LogP contribution in [0.25, 0.3) is 0 Å². The Morgan fingerprint density at radius 1 is 1.50 bits per heavy atom. The molecule has 2 nitrogen and oxygen atoms in total. The first-order valence-corrected chi connectivity index (χ1v) is 4.80. The van der Waals surface area contributed by atoms with Crippen molar-refractivity contribution < 1.29 is 18.3 Å². The fraction of sp³-hybridized carbons (Fsp3) is 0.900. The first-order valence-electron chi connectivity index (χ1n) is 4.80. The molecule has 0 spiro atoms. The smallest absolute Gasteiger partial charge is 0.309 e. The molecule has 1 aliphatic rings. The highest BCUT2D eigenvalue weighted by Crippen LogP contribution is 2.44. The third-order valence-corrected chi connectivity index (χ3v) is 2.11. The summed E-state index contributed by atoms with van der Waals surface area (Å²) in [5.41, 5.74) is -0.519. The largest absolute Gasteiger partial charge is 0.460 e. The molecule has 0 bridgehead atoms. The van der Waals surface area contributed by atoms with Crippen molar-refractivity contribution in [3.05, 3.63) is 0 Å². The maximum absolute atomic E-state index is 11.9. The highest BCUT2D eigenvalue weighted by Gasteiger charge is 2.46. The van der Waals surface area contributed by atoms with Crippen LogP contribution in [0.4, 0.5) is 8.78 Å². The number of carbonyl (C=O) groups excluding carboxylic acids is 1. The molecule has 0 amide bonds. The lowest BCUT2D eigenvalue weighted by Gasteiger charge is -2.19. The van der Waals surface area contributed by atoms with Crippen LogP contribution in [0, 0.1) is 11.8 Å². The van der Waals surface area contributed by atoms with Crippen molar-refractivity contribution in [3.8, 4) is 0 Å². The summed E-state index contributed by atoms with van der Waals surface area (Å²) in [4.78, 5) is 11.3. The fourth-order valence-electron chi connectivity index (χ4n) is 1.40. The highest BCUT2D eigenvalue weighted by molar-refractivity contribution is 5.76. The first-order chi connectivity index (χ1) is 6.29. The monoisotopic (exact) mass is 206 g/mol. The van der Waals surface area contributed by atoms with Gasteiger partial charge in [-0.1, -0.05) is 0 Å². The van der Waals surface area contributed by atoms with Crippen molar-refractivity contribution in [2.75, 3.05) is 0 Å². The van der Waals surface area contributed by atoms with E-state index < -0.39 is 12.0 Å². The van der Waals surface area contributed by atoms with Gasteiger partial charge in [0.1, 0.15) is 5.60 Å². The molecule has 14 heavy (non-hydrogen) atoms. The van der Waals surface area contributed by atoms with Crippen molar-refractivity contribution in [2.24, 2.45) is 11.8 Å². The summed E-state index contributed by atoms with van der Waals surface area (Å²) in [6.45, 7) is 5.32. The predicted molar refractivity (Wildman–Crippen MR) is 48.1 cm³/mol. The quantitative estimate of drug-likeness (QED) is 0.663. The van der Waals surface area contributed by atoms with E-state index in [0.29, 0.717) is 6.42 Å². The molecule has 0 aromatic carbocycles. The van der Waals surface area contributed by atoms with Crippen LogP contribution in [0.15, 0.2) is 0 Å². The molecule has 1 fully saturated rings. The Kier molecular flexibility index (Phi) is 3.12. The minimum absolute atomic E-state index is 0.162. The SMILES string of the molecule is CC(C)(C)OC(=O)[C@@H]1C[C@@H]1CC(F)F. The summed E-state index contributed by atoms with van der Waals surface area (Å²) >= 11 is 0. The van der Waals surface area contributed by atoms with Crippen LogP contribution in [0.1, 0.15) is 33.6 Å². The minimum atomic E-state index is -2.31. The van der Waals surface area contributed by atoms with Gasteiger partial charge in [0, 0.05) is 6.42 Å². The van der Waals surface area contributed by atoms with Gasteiger partial charge in [-0.2, -0.15) is 0 Å². The van der Waals surface area contributed by atoms with Gasteiger partial charge in [0.05, 0.1) is 5.92 Å². The van der Waals surface area contributed by atoms with Crippen molar-refractivity contribution in [2.45, 2.75) is 45.6 Å². The number of esters is 1. The number of hydrogen-bond acceptors (Lipinski definition) is 2. The molecule has 0 radical (unpaired) electrons. The van der Waals surface area contributed by atoms with Gasteiger partial charge in [-0.05, 0) is 33.1 Å². The lowest BCUT2D eigenvalue weighted by Crippen LogP contribution is -2.25. The van der Waals surface area contributed by atoms with Crippen molar-refractivity contribution >= 4 is 5.97 Å². The third-order valence-electron chi connectivity index (χ3n) is 2.11. The summed E-state index contributed by atoms with van der Waals surface area (Å²) in [6.07, 6.45) is -1.93. The van der Waals surface area contributed by atoms with Crippen LogP contribution < -0.4 is 0 Å². The molecule has 82 valence electrons. The van der Waals surface area contributed by atoms with Gasteiger partial charge in [0.2, 0.25) is 6.43 Å². The average Bonchev–Trinajstić information content (AvgIpc) is 2.61. The van der Waals surface area contributed by atoms with E-state index in [1.54, 1.807) is 20.8 Å². The van der Waals surface area contributed by atoms with Crippen LogP contribution in [0.2, 0.25) is 0 Å². The summed E-state index contributed by atoms with van der Waals surface area (Å²) in [5.74, 6) is -0.781. The van der Waals surface area contributed by atoms with Gasteiger partial charge in [-0.25, -0.2) is 8.78 Å². The zero-order valence-electron chi connectivity index (χ0n) is 8.72. The third kappa shape index (κ3) is 3.60. The maximum Gasteiger partial charge on any atom is 0.309 e. The Hall–Kier alpha value is -0.670. The Morgan fingerprint density at radius 2 is 2.07 bits per heavy atom. The van der Waals surface area contributed by atoms with Gasteiger partial charge < -0.3 is 4.74 Å². The predicted octanol–water partition coefficient (Wildman–Crippen LogP) is 2.62. The minimum Gasteiger partial charge on any atom is -0.460 e. The number of alkyl halides is 2. The molecule has 4 heteroatoms. The van der Waals surface area contributed by atoms with E-state index in [9.17, 15) is 13.6 Å². The molecular weight excluding hydrogens is 190 g/mol. The van der Waals surface area contributed by atoms with Gasteiger partial charge in [0.15, 0.2) is 0 Å². The van der Waals surface area contributed by atoms with E-state index in [1.807, 2.05) is 0 Å². The second-order valence-corrected chi connectivity index (χ2v) is 4.76. The number of rotatable bonds is 3. The zero-order valence-corrected chi connectivity index (χ0v) is 8.72. The molecule has 1 rings (SSSR count). The van der Waals surface area contributed by atoms with E-state index in [4.69, 9.17) is 4.74 Å². The summed E-state index contributed by atoms with van der Waals surface area (Å²) in [7, 11) is 0. The van der Waals surface area contributed by atoms with Crippen LogP contribution >= 0.6 is 0 Å². The molecule has 0 heterocycles. The second-order valence-electron chi connectivity index (χ2n) is 4.76. The molecule has 0 saturated heterocycles. The molecule has 1 aliphatic carbocycles. The van der Waals surface area contributed by atoms with Gasteiger partial charge in [-0.15, -0.1) is 0 Å². The standard InChI is InChI=1S/C10H16F2O2/c1-10(2,3)14-9(13)7-4-6(7)5-8(11)12/h6-8H,4-5H2,1-3H3/t6-,7-/m1/s1. The highest BCUT2D eigenvalue weighted by atomic mass is 19.3. The number of hydrogen-bond donors (Lipinski definition) is 0. The Morgan fingerprint density at radius 3 is 2.50 bits per heavy atom. The molecule has 2 atom stereocenters. The summed E-state index contributed by atoms with van der Waals surface area (Å²) in [6, 6.07) is 0. The molecule has 0 aromatic rings. The Labute approximate surface area is 82.6 Å². The van der Waals surface area contributed by atoms with Crippen molar-refractivity contribution in [1.29, 1.82) is 0 Å². The van der Waals surface area contributed by atoms with E-state index in [1.165, 1.54) is 0 Å². The fourth-order valence-corrected chi connectivity index (χ4v) is 1.40. The normalized spacial score (nSPS) is 26.4. The topological polar surface area (TPSA) is 26.3 Å². The number of ether oxygens (including phenoxy) is 1. The lowest BCUT2D eigenvalue weighted by atomic mass is 10.2. The molecule has 1 saturated carbocycles. The number of halogens is 2. The van der Waals surface area contributed by atoms with Gasteiger partial charge in [-0.3, -0.25) is 4.79 Å². The lowest BCUT2D eigenvalue weighted by molar-refractivity contribution is -0.156. The van der Waals surface area contributed by atoms with Crippen LogP contribution in [0.3, 0.4) is 0 Å². The average molecular weight is 206 g/mol. The maximum atomic E-state index is 11.9. The van der Waals surface area contributed by atoms with E-state index in [0.717, 1.165) is 0 Å². The first kappa shape index (κ1) is 11.4. The van der Waals surface area contributed by atoms with Crippen LogP contribution in [-0.2, 0) is 9.53 Å². The summed E-state index contributed by atoms with van der Waals surface area (Å²) in [5, 5.41) is 0. The van der Waals surface area contributed by atoms with E-state index >= 15 is 0 Å². The molecule has 0 aliphatic heterocycles. The zero-order chi connectivity index (χ0) is 10.9. The summed E-state index contributed by atoms with van der Waals surface area (Å²) < 4.78 is 29.0. The van der Waals surface area contributed by atoms with Gasteiger partial charge in [0.25, 0.3) is 0 Å². The molecular formula is C10H16F2O2. The molecule has 0 aromatic heterocycles. The Balaban J connectivity index is 2.29. The van der Waals surface area contributed by atoms with E-state index in [-0.39, 0.29) is 24.2 Å². The molecule has 0 unspecified atom stereocenters. The Bertz CT molecular complexity index is 221.